The van der Waals surface area contributed by atoms with Crippen LogP contribution in [-0.4, -0.2) is 51.3 Å². The number of rotatable bonds is 10. The molecule has 136 valence electrons. The zero-order valence-electron chi connectivity index (χ0n) is 15.2. The molecule has 0 spiro atoms. The first-order valence-electron chi connectivity index (χ1n) is 8.23. The van der Waals surface area contributed by atoms with Crippen LogP contribution >= 0.6 is 15.9 Å². The number of carbonyl (C=O) groups excluding carboxylic acids is 1. The molecule has 0 atom stereocenters. The van der Waals surface area contributed by atoms with Crippen molar-refractivity contribution in [3.05, 3.63) is 22.2 Å². The third-order valence-electron chi connectivity index (χ3n) is 3.36. The Hall–Kier alpha value is -1.27. The van der Waals surface area contributed by atoms with Gasteiger partial charge >= 0.3 is 0 Å². The smallest absolute Gasteiger partial charge is 0.254 e. The van der Waals surface area contributed by atoms with Gasteiger partial charge in [0.15, 0.2) is 11.5 Å². The van der Waals surface area contributed by atoms with Crippen LogP contribution in [0.2, 0.25) is 0 Å². The molecule has 0 aliphatic heterocycles. The van der Waals surface area contributed by atoms with Crippen molar-refractivity contribution in [2.45, 2.75) is 27.2 Å². The van der Waals surface area contributed by atoms with E-state index in [0.29, 0.717) is 49.3 Å². The first kappa shape index (κ1) is 20.8. The summed E-state index contributed by atoms with van der Waals surface area (Å²) in [5.41, 5.74) is 0.569. The highest BCUT2D eigenvalue weighted by molar-refractivity contribution is 9.10. The molecule has 0 heterocycles. The molecule has 0 N–H and O–H groups in total. The lowest BCUT2D eigenvalue weighted by Gasteiger charge is -2.25. The molecule has 0 aromatic heterocycles. The molecular formula is C18H28BrNO4. The molecule has 0 aliphatic carbocycles. The zero-order valence-corrected chi connectivity index (χ0v) is 16.8. The van der Waals surface area contributed by atoms with Crippen LogP contribution < -0.4 is 9.47 Å². The summed E-state index contributed by atoms with van der Waals surface area (Å²) in [7, 11) is 3.21. The average molecular weight is 402 g/mol. The van der Waals surface area contributed by atoms with E-state index in [0.717, 1.165) is 10.9 Å². The van der Waals surface area contributed by atoms with Crippen molar-refractivity contribution in [3.8, 4) is 11.5 Å². The van der Waals surface area contributed by atoms with Gasteiger partial charge in [-0.25, -0.2) is 0 Å². The van der Waals surface area contributed by atoms with Gasteiger partial charge in [0.25, 0.3) is 5.91 Å². The molecule has 24 heavy (non-hydrogen) atoms. The van der Waals surface area contributed by atoms with Gasteiger partial charge in [-0.2, -0.15) is 0 Å². The van der Waals surface area contributed by atoms with E-state index in [1.165, 1.54) is 0 Å². The summed E-state index contributed by atoms with van der Waals surface area (Å²) in [6.45, 7) is 8.55. The fourth-order valence-corrected chi connectivity index (χ4v) is 2.84. The van der Waals surface area contributed by atoms with Crippen molar-refractivity contribution in [2.75, 3.05) is 40.5 Å². The second kappa shape index (κ2) is 10.6. The predicted molar refractivity (Wildman–Crippen MR) is 99.1 cm³/mol. The first-order chi connectivity index (χ1) is 11.4. The molecule has 1 aromatic rings. The van der Waals surface area contributed by atoms with Gasteiger partial charge in [-0.15, -0.1) is 0 Å². The van der Waals surface area contributed by atoms with Crippen LogP contribution in [0.1, 0.15) is 37.6 Å². The Morgan fingerprint density at radius 1 is 1.25 bits per heavy atom. The van der Waals surface area contributed by atoms with Gasteiger partial charge in [-0.1, -0.05) is 20.8 Å². The van der Waals surface area contributed by atoms with E-state index in [4.69, 9.17) is 14.2 Å². The topological polar surface area (TPSA) is 48.0 Å². The maximum absolute atomic E-state index is 12.9. The third-order valence-corrected chi connectivity index (χ3v) is 3.95. The zero-order chi connectivity index (χ0) is 18.1. The van der Waals surface area contributed by atoms with E-state index >= 15 is 0 Å². The van der Waals surface area contributed by atoms with Crippen molar-refractivity contribution in [1.29, 1.82) is 0 Å². The lowest BCUT2D eigenvalue weighted by Crippen LogP contribution is -2.36. The molecule has 0 unspecified atom stereocenters. The summed E-state index contributed by atoms with van der Waals surface area (Å²) in [5.74, 6) is 1.52. The van der Waals surface area contributed by atoms with Crippen LogP contribution in [0.25, 0.3) is 0 Å². The van der Waals surface area contributed by atoms with Crippen LogP contribution in [0.3, 0.4) is 0 Å². The van der Waals surface area contributed by atoms with Gasteiger partial charge in [0.1, 0.15) is 0 Å². The van der Waals surface area contributed by atoms with Crippen LogP contribution in [-0.2, 0) is 4.74 Å². The fourth-order valence-electron chi connectivity index (χ4n) is 2.29. The molecule has 0 saturated carbocycles. The maximum atomic E-state index is 12.9. The Balaban J connectivity index is 3.08. The number of nitrogens with zero attached hydrogens (tertiary/aromatic N) is 1. The minimum atomic E-state index is -0.0400. The predicted octanol–water partition coefficient (Wildman–Crippen LogP) is 3.99. The summed E-state index contributed by atoms with van der Waals surface area (Å²) in [6, 6.07) is 3.52. The van der Waals surface area contributed by atoms with Crippen molar-refractivity contribution < 1.29 is 19.0 Å². The molecule has 0 fully saturated rings. The minimum Gasteiger partial charge on any atom is -0.493 e. The summed E-state index contributed by atoms with van der Waals surface area (Å²) < 4.78 is 17.0. The van der Waals surface area contributed by atoms with E-state index in [-0.39, 0.29) is 5.91 Å². The highest BCUT2D eigenvalue weighted by Crippen LogP contribution is 2.37. The van der Waals surface area contributed by atoms with Gasteiger partial charge in [0.05, 0.1) is 24.8 Å². The third kappa shape index (κ3) is 5.98. The highest BCUT2D eigenvalue weighted by atomic mass is 79.9. The molecule has 1 rings (SSSR count). The second-order valence-corrected chi connectivity index (χ2v) is 6.83. The van der Waals surface area contributed by atoms with Crippen molar-refractivity contribution in [3.63, 3.8) is 0 Å². The molecule has 5 nitrogen and oxygen atoms in total. The number of hydrogen-bond donors (Lipinski definition) is 0. The standard InChI is InChI=1S/C18H28BrNO4/c1-6-8-24-17-15(19)10-14(11-16(17)23-5)18(21)20(7-9-22-4)12-13(2)3/h10-11,13H,6-9,12H2,1-5H3. The van der Waals surface area contributed by atoms with Gasteiger partial charge in [-0.05, 0) is 40.4 Å². The maximum Gasteiger partial charge on any atom is 0.254 e. The minimum absolute atomic E-state index is 0.0400. The molecule has 0 saturated heterocycles. The monoisotopic (exact) mass is 401 g/mol. The van der Waals surface area contributed by atoms with E-state index in [1.807, 2.05) is 11.8 Å². The Bertz CT molecular complexity index is 534. The van der Waals surface area contributed by atoms with Gasteiger partial charge < -0.3 is 19.1 Å². The van der Waals surface area contributed by atoms with E-state index < -0.39 is 0 Å². The van der Waals surface area contributed by atoms with Crippen molar-refractivity contribution in [2.24, 2.45) is 5.92 Å². The number of methoxy groups -OCH3 is 2. The Labute approximate surface area is 153 Å². The quantitative estimate of drug-likeness (QED) is 0.594. The largest absolute Gasteiger partial charge is 0.493 e. The van der Waals surface area contributed by atoms with Crippen molar-refractivity contribution in [1.82, 2.24) is 4.90 Å². The molecule has 0 bridgehead atoms. The van der Waals surface area contributed by atoms with E-state index in [1.54, 1.807) is 26.4 Å². The molecular weight excluding hydrogens is 374 g/mol. The lowest BCUT2D eigenvalue weighted by atomic mass is 10.1. The summed E-state index contributed by atoms with van der Waals surface area (Å²) >= 11 is 3.49. The lowest BCUT2D eigenvalue weighted by molar-refractivity contribution is 0.0672. The molecule has 0 radical (unpaired) electrons. The number of benzene rings is 1. The van der Waals surface area contributed by atoms with Crippen molar-refractivity contribution >= 4 is 21.8 Å². The SMILES string of the molecule is CCCOc1c(Br)cc(C(=O)N(CCOC)CC(C)C)cc1OC. The number of halogens is 1. The first-order valence-corrected chi connectivity index (χ1v) is 9.02. The van der Waals surface area contributed by atoms with E-state index in [9.17, 15) is 4.79 Å². The summed E-state index contributed by atoms with van der Waals surface area (Å²) in [4.78, 5) is 14.7. The fraction of sp³-hybridized carbons (Fsp3) is 0.611. The van der Waals surface area contributed by atoms with Crippen LogP contribution in [0, 0.1) is 5.92 Å². The Morgan fingerprint density at radius 3 is 2.50 bits per heavy atom. The van der Waals surface area contributed by atoms with Gasteiger partial charge in [-0.3, -0.25) is 4.79 Å². The molecule has 1 aromatic carbocycles. The molecule has 1 amide bonds. The van der Waals surface area contributed by atoms with E-state index in [2.05, 4.69) is 29.8 Å². The van der Waals surface area contributed by atoms with Gasteiger partial charge in [0, 0.05) is 25.8 Å². The Kier molecular flexibility index (Phi) is 9.14. The van der Waals surface area contributed by atoms with Crippen LogP contribution in [0.15, 0.2) is 16.6 Å². The molecule has 6 heteroatoms. The highest BCUT2D eigenvalue weighted by Gasteiger charge is 2.20. The number of hydrogen-bond acceptors (Lipinski definition) is 4. The normalized spacial score (nSPS) is 10.8. The van der Waals surface area contributed by atoms with Crippen LogP contribution in [0.4, 0.5) is 0 Å². The van der Waals surface area contributed by atoms with Gasteiger partial charge in [0.2, 0.25) is 0 Å². The Morgan fingerprint density at radius 2 is 1.96 bits per heavy atom. The average Bonchev–Trinajstić information content (AvgIpc) is 2.55. The number of carbonyl (C=O) groups is 1. The van der Waals surface area contributed by atoms with Crippen LogP contribution in [0.5, 0.6) is 11.5 Å². The number of amides is 1. The molecule has 0 aliphatic rings. The summed E-state index contributed by atoms with van der Waals surface area (Å²) in [6.07, 6.45) is 0.898. The summed E-state index contributed by atoms with van der Waals surface area (Å²) in [5, 5.41) is 0. The number of ether oxygens (including phenoxy) is 3. The second-order valence-electron chi connectivity index (χ2n) is 5.98.